The number of hydrogen-bond acceptors (Lipinski definition) is 5. The molecule has 0 unspecified atom stereocenters. The van der Waals surface area contributed by atoms with Crippen LogP contribution in [0.1, 0.15) is 42.0 Å². The molecule has 0 aliphatic carbocycles. The molecule has 32 heavy (non-hydrogen) atoms. The Morgan fingerprint density at radius 1 is 1.09 bits per heavy atom. The van der Waals surface area contributed by atoms with Gasteiger partial charge in [0.2, 0.25) is 0 Å². The summed E-state index contributed by atoms with van der Waals surface area (Å²) in [5, 5.41) is 6.17. The molecular weight excluding hydrogens is 409 g/mol. The first-order valence-electron chi connectivity index (χ1n) is 11.2. The molecule has 2 aromatic rings. The fourth-order valence-corrected chi connectivity index (χ4v) is 4.75. The van der Waals surface area contributed by atoms with Crippen LogP contribution < -0.4 is 0 Å². The van der Waals surface area contributed by atoms with Crippen molar-refractivity contribution in [1.82, 2.24) is 9.91 Å². The van der Waals surface area contributed by atoms with Crippen LogP contribution in [-0.4, -0.2) is 60.2 Å². The highest BCUT2D eigenvalue weighted by atomic mass is 19.1. The van der Waals surface area contributed by atoms with Gasteiger partial charge in [0.15, 0.2) is 5.79 Å². The first-order chi connectivity index (χ1) is 15.5. The van der Waals surface area contributed by atoms with Crippen LogP contribution in [0.4, 0.5) is 4.39 Å². The van der Waals surface area contributed by atoms with Gasteiger partial charge < -0.3 is 9.47 Å². The number of amides is 1. The molecule has 2 fully saturated rings. The van der Waals surface area contributed by atoms with Crippen LogP contribution in [0.3, 0.4) is 0 Å². The van der Waals surface area contributed by atoms with E-state index in [2.05, 4.69) is 10.0 Å². The van der Waals surface area contributed by atoms with E-state index < -0.39 is 11.8 Å². The Morgan fingerprint density at radius 3 is 2.47 bits per heavy atom. The third-order valence-corrected chi connectivity index (χ3v) is 6.61. The van der Waals surface area contributed by atoms with Gasteiger partial charge in [-0.05, 0) is 18.6 Å². The molecule has 3 aliphatic heterocycles. The van der Waals surface area contributed by atoms with Gasteiger partial charge in [0, 0.05) is 37.9 Å². The number of likely N-dealkylation sites (tertiary alicyclic amines) is 1. The molecule has 0 radical (unpaired) electrons. The molecule has 0 N–H and O–H groups in total. The van der Waals surface area contributed by atoms with Gasteiger partial charge in [-0.2, -0.15) is 5.10 Å². The number of carbonyl (C=O) groups is 1. The number of halogens is 1. The lowest BCUT2D eigenvalue weighted by molar-refractivity contribution is -0.186. The molecule has 6 nitrogen and oxygen atoms in total. The summed E-state index contributed by atoms with van der Waals surface area (Å²) in [4.78, 5) is 15.5. The summed E-state index contributed by atoms with van der Waals surface area (Å²) in [7, 11) is 0. The lowest BCUT2D eigenvalue weighted by Gasteiger charge is -2.37. The number of rotatable bonds is 4. The van der Waals surface area contributed by atoms with Crippen LogP contribution in [0, 0.1) is 12.7 Å². The number of ether oxygens (including phenoxy) is 2. The highest BCUT2D eigenvalue weighted by Crippen LogP contribution is 2.35. The Hall–Kier alpha value is -2.61. The van der Waals surface area contributed by atoms with E-state index in [9.17, 15) is 9.18 Å². The van der Waals surface area contributed by atoms with Gasteiger partial charge in [-0.3, -0.25) is 9.69 Å². The van der Waals surface area contributed by atoms with Gasteiger partial charge in [-0.1, -0.05) is 48.0 Å². The van der Waals surface area contributed by atoms with Crippen LogP contribution >= 0.6 is 0 Å². The second-order valence-corrected chi connectivity index (χ2v) is 8.78. The second-order valence-electron chi connectivity index (χ2n) is 8.78. The lowest BCUT2D eigenvalue weighted by Crippen LogP contribution is -2.48. The minimum Gasteiger partial charge on any atom is -0.347 e. The Kier molecular flexibility index (Phi) is 5.80. The molecule has 2 aromatic carbocycles. The average molecular weight is 438 g/mol. The predicted octanol–water partition coefficient (Wildman–Crippen LogP) is 3.65. The van der Waals surface area contributed by atoms with Crippen molar-refractivity contribution >= 4 is 11.6 Å². The molecule has 3 heterocycles. The van der Waals surface area contributed by atoms with Crippen LogP contribution in [0.2, 0.25) is 0 Å². The molecule has 168 valence electrons. The quantitative estimate of drug-likeness (QED) is 0.733. The van der Waals surface area contributed by atoms with Gasteiger partial charge in [-0.25, -0.2) is 9.40 Å². The summed E-state index contributed by atoms with van der Waals surface area (Å²) >= 11 is 0. The molecule has 3 aliphatic rings. The smallest absolute Gasteiger partial charge is 0.257 e. The van der Waals surface area contributed by atoms with E-state index in [4.69, 9.17) is 9.47 Å². The minimum atomic E-state index is -0.473. The first kappa shape index (κ1) is 21.2. The second kappa shape index (κ2) is 8.73. The fourth-order valence-electron chi connectivity index (χ4n) is 4.75. The summed E-state index contributed by atoms with van der Waals surface area (Å²) in [6.07, 6.45) is 1.98. The van der Waals surface area contributed by atoms with Crippen molar-refractivity contribution < 1.29 is 18.7 Å². The SMILES string of the molecule is Cc1ccc(C2=NN(C(=O)CN3CCC4(CC3)OCCO4)[C@@H](c3ccccc3F)C2)cc1. The van der Waals surface area contributed by atoms with Crippen LogP contribution in [0.25, 0.3) is 0 Å². The standard InChI is InChI=1S/C25H28FN3O3/c1-18-6-8-19(9-7-18)22-16-23(20-4-2-3-5-21(20)26)29(27-22)24(30)17-28-12-10-25(11-13-28)31-14-15-32-25/h2-9,23H,10-17H2,1H3/t23-/m1/s1. The highest BCUT2D eigenvalue weighted by molar-refractivity contribution is 6.03. The zero-order valence-electron chi connectivity index (χ0n) is 18.3. The number of aryl methyl sites for hydroxylation is 1. The van der Waals surface area contributed by atoms with Crippen molar-refractivity contribution in [3.63, 3.8) is 0 Å². The molecule has 2 saturated heterocycles. The molecule has 1 atom stereocenters. The largest absolute Gasteiger partial charge is 0.347 e. The third kappa shape index (κ3) is 4.20. The summed E-state index contributed by atoms with van der Waals surface area (Å²) in [5.74, 6) is -0.907. The Balaban J connectivity index is 1.35. The number of piperidine rings is 1. The molecular formula is C25H28FN3O3. The van der Waals surface area contributed by atoms with E-state index in [1.165, 1.54) is 11.1 Å². The number of benzene rings is 2. The fraction of sp³-hybridized carbons (Fsp3) is 0.440. The van der Waals surface area contributed by atoms with Gasteiger partial charge in [0.1, 0.15) is 5.82 Å². The van der Waals surface area contributed by atoms with E-state index >= 15 is 0 Å². The maximum atomic E-state index is 14.7. The number of nitrogens with zero attached hydrogens (tertiary/aromatic N) is 3. The van der Waals surface area contributed by atoms with E-state index in [0.29, 0.717) is 25.2 Å². The van der Waals surface area contributed by atoms with Crippen LogP contribution in [0.5, 0.6) is 0 Å². The normalized spacial score (nSPS) is 23.0. The Bertz CT molecular complexity index is 1010. The topological polar surface area (TPSA) is 54.4 Å². The van der Waals surface area contributed by atoms with Crippen molar-refractivity contribution in [3.05, 3.63) is 71.0 Å². The van der Waals surface area contributed by atoms with Crippen molar-refractivity contribution in [3.8, 4) is 0 Å². The van der Waals surface area contributed by atoms with Crippen molar-refractivity contribution in [2.45, 2.75) is 38.0 Å². The van der Waals surface area contributed by atoms with Gasteiger partial charge in [-0.15, -0.1) is 0 Å². The zero-order chi connectivity index (χ0) is 22.1. The third-order valence-electron chi connectivity index (χ3n) is 6.61. The first-order valence-corrected chi connectivity index (χ1v) is 11.2. The number of hydrogen-bond donors (Lipinski definition) is 0. The number of hydrazone groups is 1. The van der Waals surface area contributed by atoms with Gasteiger partial charge in [0.25, 0.3) is 5.91 Å². The average Bonchev–Trinajstić information content (AvgIpc) is 3.44. The van der Waals surface area contributed by atoms with E-state index in [1.807, 2.05) is 31.2 Å². The van der Waals surface area contributed by atoms with E-state index in [1.54, 1.807) is 18.2 Å². The Morgan fingerprint density at radius 2 is 1.78 bits per heavy atom. The molecule has 7 heteroatoms. The molecule has 0 saturated carbocycles. The molecule has 0 bridgehead atoms. The van der Waals surface area contributed by atoms with Gasteiger partial charge >= 0.3 is 0 Å². The van der Waals surface area contributed by atoms with Crippen molar-refractivity contribution in [1.29, 1.82) is 0 Å². The number of carbonyl (C=O) groups excluding carboxylic acids is 1. The molecule has 1 amide bonds. The summed E-state index contributed by atoms with van der Waals surface area (Å²) in [5.41, 5.74) is 3.42. The van der Waals surface area contributed by atoms with Crippen molar-refractivity contribution in [2.24, 2.45) is 5.10 Å². The molecule has 0 aromatic heterocycles. The monoisotopic (exact) mass is 437 g/mol. The molecule has 5 rings (SSSR count). The lowest BCUT2D eigenvalue weighted by atomic mass is 9.97. The zero-order valence-corrected chi connectivity index (χ0v) is 18.3. The van der Waals surface area contributed by atoms with E-state index in [0.717, 1.165) is 42.8 Å². The summed E-state index contributed by atoms with van der Waals surface area (Å²) < 4.78 is 26.2. The van der Waals surface area contributed by atoms with Gasteiger partial charge in [0.05, 0.1) is 31.5 Å². The minimum absolute atomic E-state index is 0.121. The van der Waals surface area contributed by atoms with Crippen LogP contribution in [0.15, 0.2) is 53.6 Å². The maximum Gasteiger partial charge on any atom is 0.257 e. The molecule has 1 spiro atoms. The Labute approximate surface area is 187 Å². The van der Waals surface area contributed by atoms with Crippen molar-refractivity contribution in [2.75, 3.05) is 32.8 Å². The predicted molar refractivity (Wildman–Crippen MR) is 119 cm³/mol. The van der Waals surface area contributed by atoms with Crippen LogP contribution in [-0.2, 0) is 14.3 Å². The summed E-state index contributed by atoms with van der Waals surface area (Å²) in [6, 6.07) is 14.3. The van der Waals surface area contributed by atoms with E-state index in [-0.39, 0.29) is 18.3 Å². The highest BCUT2D eigenvalue weighted by Gasteiger charge is 2.41. The maximum absolute atomic E-state index is 14.7. The summed E-state index contributed by atoms with van der Waals surface area (Å²) in [6.45, 7) is 4.98.